The maximum Gasteiger partial charge on any atom is 0.472 e. The summed E-state index contributed by atoms with van der Waals surface area (Å²) in [6, 6.07) is -0.880. The number of amides is 1. The fourth-order valence-electron chi connectivity index (χ4n) is 9.19. The van der Waals surface area contributed by atoms with Crippen molar-refractivity contribution in [2.24, 2.45) is 0 Å². The van der Waals surface area contributed by atoms with E-state index in [4.69, 9.17) is 13.8 Å². The highest BCUT2D eigenvalue weighted by Gasteiger charge is 2.30. The average Bonchev–Trinajstić information content (AvgIpc) is 3.47. The van der Waals surface area contributed by atoms with Gasteiger partial charge in [0.05, 0.1) is 33.8 Å². The van der Waals surface area contributed by atoms with E-state index in [1.165, 1.54) is 128 Å². The molecule has 0 aromatic rings. The number of quaternary nitrogens is 1. The lowest BCUT2D eigenvalue weighted by molar-refractivity contribution is -0.870. The number of likely N-dealkylation sites (N-methyl/N-ethyl adjacent to an activating group) is 1. The fraction of sp³-hybridized carbons (Fsp3) is 0.699. The van der Waals surface area contributed by atoms with E-state index >= 15 is 0 Å². The van der Waals surface area contributed by atoms with E-state index in [0.717, 1.165) is 109 Å². The number of hydrogen-bond donors (Lipinski definition) is 2. The summed E-state index contributed by atoms with van der Waals surface area (Å²) >= 11 is 0. The predicted molar refractivity (Wildman–Crippen MR) is 360 cm³/mol. The second kappa shape index (κ2) is 61.5. The molecule has 1 amide bonds. The van der Waals surface area contributed by atoms with Crippen molar-refractivity contribution in [2.75, 3.05) is 40.9 Å². The zero-order chi connectivity index (χ0) is 60.7. The smallest absolute Gasteiger partial charge is 0.456 e. The molecule has 0 aliphatic heterocycles. The molecule has 0 aromatic carbocycles. The molecule has 0 spiro atoms. The Kier molecular flexibility index (Phi) is 58.8. The van der Waals surface area contributed by atoms with Gasteiger partial charge in [0.1, 0.15) is 19.3 Å². The molecule has 3 unspecified atom stereocenters. The van der Waals surface area contributed by atoms with Gasteiger partial charge in [-0.1, -0.05) is 271 Å². The first-order valence-corrected chi connectivity index (χ1v) is 35.4. The van der Waals surface area contributed by atoms with Crippen molar-refractivity contribution in [3.05, 3.63) is 122 Å². The molecule has 0 aliphatic carbocycles. The monoisotopic (exact) mass is 1180 g/mol. The number of rotatable bonds is 60. The van der Waals surface area contributed by atoms with E-state index in [1.54, 1.807) is 0 Å². The highest BCUT2D eigenvalue weighted by atomic mass is 31.2. The first kappa shape index (κ1) is 79.4. The minimum Gasteiger partial charge on any atom is -0.456 e. The molecular weight excluding hydrogens is 1050 g/mol. The molecule has 0 aromatic heterocycles. The lowest BCUT2D eigenvalue weighted by Crippen LogP contribution is -2.47. The van der Waals surface area contributed by atoms with Crippen LogP contribution in [0.1, 0.15) is 278 Å². The third-order valence-corrected chi connectivity index (χ3v) is 15.4. The Balaban J connectivity index is 5.19. The van der Waals surface area contributed by atoms with Crippen molar-refractivity contribution >= 4 is 19.7 Å². The van der Waals surface area contributed by atoms with Crippen LogP contribution in [0.25, 0.3) is 0 Å². The number of ether oxygens (including phenoxy) is 1. The van der Waals surface area contributed by atoms with Crippen molar-refractivity contribution in [1.82, 2.24) is 5.32 Å². The van der Waals surface area contributed by atoms with E-state index in [0.29, 0.717) is 23.9 Å². The number of phosphoric acid groups is 1. The van der Waals surface area contributed by atoms with E-state index in [-0.39, 0.29) is 31.5 Å². The molecule has 476 valence electrons. The fourth-order valence-corrected chi connectivity index (χ4v) is 9.93. The van der Waals surface area contributed by atoms with Gasteiger partial charge in [-0.2, -0.15) is 0 Å². The Labute approximate surface area is 512 Å². The first-order valence-electron chi connectivity index (χ1n) is 33.9. The molecule has 3 atom stereocenters. The van der Waals surface area contributed by atoms with Crippen LogP contribution in [-0.4, -0.2) is 74.3 Å². The van der Waals surface area contributed by atoms with E-state index in [2.05, 4.69) is 135 Å². The maximum absolute atomic E-state index is 13.6. The van der Waals surface area contributed by atoms with Gasteiger partial charge >= 0.3 is 13.8 Å². The second-order valence-electron chi connectivity index (χ2n) is 23.6. The molecule has 0 saturated carbocycles. The molecule has 0 rings (SSSR count). The van der Waals surface area contributed by atoms with Crippen LogP contribution in [-0.2, 0) is 27.9 Å². The van der Waals surface area contributed by atoms with Crippen LogP contribution >= 0.6 is 7.82 Å². The van der Waals surface area contributed by atoms with Gasteiger partial charge in [-0.05, 0) is 115 Å². The van der Waals surface area contributed by atoms with Gasteiger partial charge < -0.3 is 19.4 Å². The number of esters is 1. The van der Waals surface area contributed by atoms with Crippen molar-refractivity contribution in [3.8, 4) is 0 Å². The molecule has 0 saturated heterocycles. The molecule has 0 aliphatic rings. The van der Waals surface area contributed by atoms with Crippen LogP contribution in [0, 0.1) is 0 Å². The maximum atomic E-state index is 13.6. The summed E-state index contributed by atoms with van der Waals surface area (Å²) in [7, 11) is 1.45. The van der Waals surface area contributed by atoms with Gasteiger partial charge in [0.2, 0.25) is 5.91 Å². The van der Waals surface area contributed by atoms with Gasteiger partial charge in [0.25, 0.3) is 0 Å². The highest BCUT2D eigenvalue weighted by molar-refractivity contribution is 7.47. The standard InChI is InChI=1S/C73H127N2O7P/c1-7-10-13-16-19-22-25-28-30-32-33-34-35-36-37-38-39-40-41-43-44-47-50-53-56-59-62-65-72(76)74-70(69-81-83(78,79)80-68-67-75(4,5)6)71(64-61-58-55-52-49-46-27-24-21-18-15-12-9-3)82-73(77)66-63-60-57-54-51-48-45-42-31-29-26-23-20-17-14-11-8-2/h10,13,19-20,22-23,28-31,33-34,36-37,45,48,54,57,61,64,70-71H,7-9,11-12,14-18,21,24-27,32,35,38-44,46-47,49-53,55-56,58-60,62-63,65-69H2,1-6H3,(H-,74,76,78,79)/p+1/b13-10-,22-19-,23-20-,30-28-,31-29-,34-33-,37-36-,48-45-,57-54-,64-61-. The number of allylic oxidation sites excluding steroid dienone is 19. The SMILES string of the molecule is CC/C=C\C/C=C\C/C=C\C/C=C\C/C=C\CCCCCCCCCCCCCC(=O)NC(COP(=O)(O)OCC[N+](C)(C)C)C(/C=C\CCCCCCCCCCCCC)OC(=O)CCC/C=C\C/C=C\C/C=C\C/C=C\CCCCC. The predicted octanol–water partition coefficient (Wildman–Crippen LogP) is 21.4. The highest BCUT2D eigenvalue weighted by Crippen LogP contribution is 2.43. The molecule has 0 fully saturated rings. The second-order valence-corrected chi connectivity index (χ2v) is 25.1. The first-order chi connectivity index (χ1) is 40.4. The number of carbonyl (C=O) groups excluding carboxylic acids is 2. The van der Waals surface area contributed by atoms with Gasteiger partial charge in [-0.3, -0.25) is 18.6 Å². The van der Waals surface area contributed by atoms with Crippen molar-refractivity contribution < 1.29 is 37.3 Å². The van der Waals surface area contributed by atoms with E-state index in [1.807, 2.05) is 33.3 Å². The molecule has 10 heteroatoms. The number of unbranched alkanes of at least 4 members (excludes halogenated alkanes) is 26. The molecule has 0 radical (unpaired) electrons. The Hall–Kier alpha value is -3.59. The summed E-state index contributed by atoms with van der Waals surface area (Å²) in [5.74, 6) is -0.577. The third kappa shape index (κ3) is 62.8. The Morgan fingerprint density at radius 1 is 0.434 bits per heavy atom. The quantitative estimate of drug-likeness (QED) is 0.0205. The van der Waals surface area contributed by atoms with Crippen LogP contribution in [0.5, 0.6) is 0 Å². The summed E-state index contributed by atoms with van der Waals surface area (Å²) in [6.45, 7) is 6.84. The molecule has 83 heavy (non-hydrogen) atoms. The molecule has 2 N–H and O–H groups in total. The van der Waals surface area contributed by atoms with Crippen LogP contribution in [0.2, 0.25) is 0 Å². The van der Waals surface area contributed by atoms with E-state index in [9.17, 15) is 19.0 Å². The summed E-state index contributed by atoms with van der Waals surface area (Å²) in [4.78, 5) is 37.8. The molecule has 0 bridgehead atoms. The minimum atomic E-state index is -4.47. The summed E-state index contributed by atoms with van der Waals surface area (Å²) in [6.07, 6.45) is 86.4. The van der Waals surface area contributed by atoms with Crippen molar-refractivity contribution in [1.29, 1.82) is 0 Å². The third-order valence-electron chi connectivity index (χ3n) is 14.4. The zero-order valence-corrected chi connectivity index (χ0v) is 55.3. The lowest BCUT2D eigenvalue weighted by Gasteiger charge is -2.27. The number of nitrogens with zero attached hydrogens (tertiary/aromatic N) is 1. The number of hydrogen-bond acceptors (Lipinski definition) is 6. The number of phosphoric ester groups is 1. The largest absolute Gasteiger partial charge is 0.472 e. The van der Waals surface area contributed by atoms with Crippen LogP contribution < -0.4 is 5.32 Å². The van der Waals surface area contributed by atoms with E-state index < -0.39 is 20.0 Å². The topological polar surface area (TPSA) is 111 Å². The van der Waals surface area contributed by atoms with Crippen molar-refractivity contribution in [2.45, 2.75) is 290 Å². The average molecular weight is 1180 g/mol. The van der Waals surface area contributed by atoms with Crippen LogP contribution in [0.3, 0.4) is 0 Å². The molecule has 0 heterocycles. The zero-order valence-electron chi connectivity index (χ0n) is 54.4. The number of nitrogens with one attached hydrogen (secondary N) is 1. The molecule has 9 nitrogen and oxygen atoms in total. The summed E-state index contributed by atoms with van der Waals surface area (Å²) in [5.41, 5.74) is 0. The summed E-state index contributed by atoms with van der Waals surface area (Å²) < 4.78 is 30.7. The number of carbonyl (C=O) groups is 2. The molecular formula is C73H128N2O7P+. The van der Waals surface area contributed by atoms with Gasteiger partial charge in [0.15, 0.2) is 0 Å². The van der Waals surface area contributed by atoms with Crippen LogP contribution in [0.15, 0.2) is 122 Å². The minimum absolute atomic E-state index is 0.0258. The lowest BCUT2D eigenvalue weighted by atomic mass is 10.0. The van der Waals surface area contributed by atoms with Gasteiger partial charge in [0, 0.05) is 12.8 Å². The Morgan fingerprint density at radius 2 is 0.783 bits per heavy atom. The Morgan fingerprint density at radius 3 is 1.20 bits per heavy atom. The van der Waals surface area contributed by atoms with Crippen molar-refractivity contribution in [3.63, 3.8) is 0 Å². The normalized spacial score (nSPS) is 14.3. The van der Waals surface area contributed by atoms with Gasteiger partial charge in [-0.15, -0.1) is 0 Å². The Bertz CT molecular complexity index is 1830. The van der Waals surface area contributed by atoms with Crippen LogP contribution in [0.4, 0.5) is 0 Å². The summed E-state index contributed by atoms with van der Waals surface area (Å²) in [5, 5.41) is 3.05. The van der Waals surface area contributed by atoms with Gasteiger partial charge in [-0.25, -0.2) is 4.57 Å².